The lowest BCUT2D eigenvalue weighted by atomic mass is 10.0. The summed E-state index contributed by atoms with van der Waals surface area (Å²) in [5.74, 6) is 0. The fraction of sp³-hybridized carbons (Fsp3) is 0.250. The van der Waals surface area contributed by atoms with Crippen molar-refractivity contribution in [3.8, 4) is 0 Å². The molecular formula is C12H12ClN3. The smallest absolute Gasteiger partial charge is 0.0968 e. The largest absolute Gasteiger partial charge is 0.312 e. The Balaban J connectivity index is 2.13. The van der Waals surface area contributed by atoms with E-state index in [1.165, 1.54) is 5.57 Å². The second-order valence-electron chi connectivity index (χ2n) is 3.96. The van der Waals surface area contributed by atoms with Gasteiger partial charge in [0.05, 0.1) is 11.2 Å². The molecular weight excluding hydrogens is 222 g/mol. The molecule has 3 nitrogen and oxygen atoms in total. The summed E-state index contributed by atoms with van der Waals surface area (Å²) in [7, 11) is 0. The number of hydrogen-bond acceptors (Lipinski definition) is 2. The van der Waals surface area contributed by atoms with Gasteiger partial charge in [-0.3, -0.25) is 5.10 Å². The first-order chi connectivity index (χ1) is 7.84. The van der Waals surface area contributed by atoms with Crippen molar-refractivity contribution in [3.63, 3.8) is 0 Å². The highest BCUT2D eigenvalue weighted by atomic mass is 35.5. The Morgan fingerprint density at radius 1 is 1.31 bits per heavy atom. The fourth-order valence-corrected chi connectivity index (χ4v) is 2.23. The number of nitrogens with zero attached hydrogens (tertiary/aromatic N) is 1. The van der Waals surface area contributed by atoms with Gasteiger partial charge in [0, 0.05) is 17.0 Å². The summed E-state index contributed by atoms with van der Waals surface area (Å²) in [6, 6.07) is 5.83. The number of H-pyrrole nitrogens is 1. The van der Waals surface area contributed by atoms with E-state index < -0.39 is 0 Å². The summed E-state index contributed by atoms with van der Waals surface area (Å²) >= 11 is 5.94. The lowest BCUT2D eigenvalue weighted by molar-refractivity contribution is 0.737. The molecule has 1 aromatic carbocycles. The van der Waals surface area contributed by atoms with Crippen LogP contribution in [0.2, 0.25) is 5.02 Å². The van der Waals surface area contributed by atoms with E-state index >= 15 is 0 Å². The minimum atomic E-state index is 0.735. The van der Waals surface area contributed by atoms with Crippen LogP contribution in [0.15, 0.2) is 24.3 Å². The normalized spacial score (nSPS) is 16.4. The third kappa shape index (κ3) is 1.62. The van der Waals surface area contributed by atoms with Crippen molar-refractivity contribution in [1.29, 1.82) is 0 Å². The molecule has 0 unspecified atom stereocenters. The molecule has 2 N–H and O–H groups in total. The van der Waals surface area contributed by atoms with Crippen molar-refractivity contribution in [1.82, 2.24) is 15.5 Å². The van der Waals surface area contributed by atoms with Crippen LogP contribution in [0, 0.1) is 0 Å². The zero-order valence-corrected chi connectivity index (χ0v) is 9.51. The summed E-state index contributed by atoms with van der Waals surface area (Å²) in [6.07, 6.45) is 3.32. The maximum absolute atomic E-state index is 5.94. The Kier molecular flexibility index (Phi) is 2.42. The van der Waals surface area contributed by atoms with Crippen molar-refractivity contribution in [2.75, 3.05) is 13.1 Å². The maximum atomic E-state index is 5.94. The monoisotopic (exact) mass is 233 g/mol. The molecule has 0 fully saturated rings. The van der Waals surface area contributed by atoms with E-state index in [2.05, 4.69) is 21.6 Å². The molecule has 82 valence electrons. The molecule has 0 saturated heterocycles. The Hall–Kier alpha value is -1.32. The fourth-order valence-electron chi connectivity index (χ4n) is 2.06. The van der Waals surface area contributed by atoms with Gasteiger partial charge in [0.2, 0.25) is 0 Å². The zero-order chi connectivity index (χ0) is 11.0. The lowest BCUT2D eigenvalue weighted by Crippen LogP contribution is -2.21. The van der Waals surface area contributed by atoms with Crippen LogP contribution < -0.4 is 5.32 Å². The first kappa shape index (κ1) is 9.87. The number of halogens is 1. The van der Waals surface area contributed by atoms with E-state index in [9.17, 15) is 0 Å². The highest BCUT2D eigenvalue weighted by Gasteiger charge is 2.12. The van der Waals surface area contributed by atoms with Crippen LogP contribution >= 0.6 is 11.6 Å². The first-order valence-corrected chi connectivity index (χ1v) is 5.76. The number of rotatable bonds is 1. The molecule has 0 radical (unpaired) electrons. The average Bonchev–Trinajstić information content (AvgIpc) is 2.73. The van der Waals surface area contributed by atoms with E-state index in [-0.39, 0.29) is 0 Å². The van der Waals surface area contributed by atoms with Crippen molar-refractivity contribution in [2.45, 2.75) is 6.42 Å². The van der Waals surface area contributed by atoms with Crippen LogP contribution in [0.25, 0.3) is 16.5 Å². The molecule has 1 aliphatic heterocycles. The molecule has 2 heterocycles. The lowest BCUT2D eigenvalue weighted by Gasteiger charge is -2.12. The zero-order valence-electron chi connectivity index (χ0n) is 8.76. The van der Waals surface area contributed by atoms with Gasteiger partial charge < -0.3 is 5.32 Å². The minimum Gasteiger partial charge on any atom is -0.312 e. The second-order valence-corrected chi connectivity index (χ2v) is 4.39. The molecule has 0 amide bonds. The summed E-state index contributed by atoms with van der Waals surface area (Å²) in [5.41, 5.74) is 3.30. The summed E-state index contributed by atoms with van der Waals surface area (Å²) < 4.78 is 0. The highest BCUT2D eigenvalue weighted by Crippen LogP contribution is 2.25. The van der Waals surface area contributed by atoms with Crippen LogP contribution in [-0.4, -0.2) is 23.3 Å². The van der Waals surface area contributed by atoms with Crippen LogP contribution in [0.1, 0.15) is 12.1 Å². The molecule has 0 atom stereocenters. The molecule has 1 aliphatic rings. The summed E-state index contributed by atoms with van der Waals surface area (Å²) in [6.45, 7) is 1.94. The van der Waals surface area contributed by atoms with Gasteiger partial charge in [-0.1, -0.05) is 17.7 Å². The Bertz CT molecular complexity index is 556. The van der Waals surface area contributed by atoms with Crippen LogP contribution in [0.3, 0.4) is 0 Å². The molecule has 0 spiro atoms. The second kappa shape index (κ2) is 3.92. The third-order valence-corrected chi connectivity index (χ3v) is 3.09. The van der Waals surface area contributed by atoms with Gasteiger partial charge in [-0.05, 0) is 36.7 Å². The third-order valence-electron chi connectivity index (χ3n) is 2.86. The van der Waals surface area contributed by atoms with E-state index in [1.807, 2.05) is 18.2 Å². The highest BCUT2D eigenvalue weighted by molar-refractivity contribution is 6.31. The van der Waals surface area contributed by atoms with Crippen molar-refractivity contribution < 1.29 is 0 Å². The predicted molar refractivity (Wildman–Crippen MR) is 66.6 cm³/mol. The van der Waals surface area contributed by atoms with Gasteiger partial charge in [0.25, 0.3) is 0 Å². The summed E-state index contributed by atoms with van der Waals surface area (Å²) in [4.78, 5) is 0. The quantitative estimate of drug-likeness (QED) is 0.795. The maximum Gasteiger partial charge on any atom is 0.0968 e. The Labute approximate surface area is 98.5 Å². The van der Waals surface area contributed by atoms with Crippen molar-refractivity contribution >= 4 is 28.1 Å². The van der Waals surface area contributed by atoms with E-state index in [4.69, 9.17) is 11.6 Å². The first-order valence-electron chi connectivity index (χ1n) is 5.38. The van der Waals surface area contributed by atoms with Gasteiger partial charge in [0.1, 0.15) is 0 Å². The number of fused-ring (bicyclic) bond motifs is 1. The van der Waals surface area contributed by atoms with Crippen LogP contribution in [0.5, 0.6) is 0 Å². The molecule has 2 aromatic rings. The topological polar surface area (TPSA) is 40.7 Å². The predicted octanol–water partition coefficient (Wildman–Crippen LogP) is 2.59. The number of hydrogen-bond donors (Lipinski definition) is 2. The summed E-state index contributed by atoms with van der Waals surface area (Å²) in [5, 5.41) is 12.6. The molecule has 0 aliphatic carbocycles. The number of aromatic amines is 1. The average molecular weight is 234 g/mol. The standard InChI is InChI=1S/C12H12ClN3/c13-9-3-4-10-11(6-9)15-16-12(10)8-2-1-5-14-7-8/h2-4,6,14H,1,5,7H2,(H,15,16). The molecule has 4 heteroatoms. The van der Waals surface area contributed by atoms with Crippen LogP contribution in [0.4, 0.5) is 0 Å². The van der Waals surface area contributed by atoms with Crippen molar-refractivity contribution in [3.05, 3.63) is 35.0 Å². The van der Waals surface area contributed by atoms with E-state index in [0.717, 1.165) is 41.1 Å². The Morgan fingerprint density at radius 2 is 2.25 bits per heavy atom. The van der Waals surface area contributed by atoms with Gasteiger partial charge in [0.15, 0.2) is 0 Å². The number of nitrogens with one attached hydrogen (secondary N) is 2. The Morgan fingerprint density at radius 3 is 3.06 bits per heavy atom. The number of aromatic nitrogens is 2. The van der Waals surface area contributed by atoms with E-state index in [1.54, 1.807) is 0 Å². The van der Waals surface area contributed by atoms with Gasteiger partial charge >= 0.3 is 0 Å². The van der Waals surface area contributed by atoms with Crippen LogP contribution in [-0.2, 0) is 0 Å². The minimum absolute atomic E-state index is 0.735. The molecule has 0 saturated carbocycles. The number of benzene rings is 1. The van der Waals surface area contributed by atoms with Gasteiger partial charge in [-0.2, -0.15) is 5.10 Å². The molecule has 3 rings (SSSR count). The van der Waals surface area contributed by atoms with Gasteiger partial charge in [-0.15, -0.1) is 0 Å². The van der Waals surface area contributed by atoms with Gasteiger partial charge in [-0.25, -0.2) is 0 Å². The molecule has 16 heavy (non-hydrogen) atoms. The SMILES string of the molecule is Clc1ccc2c(C3=CCCNC3)n[nH]c2c1. The van der Waals surface area contributed by atoms with E-state index in [0.29, 0.717) is 0 Å². The molecule has 0 bridgehead atoms. The van der Waals surface area contributed by atoms with Crippen molar-refractivity contribution in [2.24, 2.45) is 0 Å². The molecule has 1 aromatic heterocycles.